The number of hydrogen-bond donors (Lipinski definition) is 1. The molecule has 120 valence electrons. The molecular formula is C14H19Br2N5O. The van der Waals surface area contributed by atoms with E-state index in [0.717, 1.165) is 39.6 Å². The quantitative estimate of drug-likeness (QED) is 0.682. The van der Waals surface area contributed by atoms with Gasteiger partial charge in [0.05, 0.1) is 11.1 Å². The molecule has 0 spiro atoms. The van der Waals surface area contributed by atoms with Gasteiger partial charge in [0, 0.05) is 23.1 Å². The zero-order valence-corrected chi connectivity index (χ0v) is 15.8. The number of ether oxygens (including phenoxy) is 1. The predicted molar refractivity (Wildman–Crippen MR) is 93.1 cm³/mol. The number of benzene rings is 1. The van der Waals surface area contributed by atoms with Crippen molar-refractivity contribution in [1.82, 2.24) is 20.2 Å². The van der Waals surface area contributed by atoms with E-state index in [9.17, 15) is 0 Å². The van der Waals surface area contributed by atoms with Crippen molar-refractivity contribution in [2.45, 2.75) is 39.8 Å². The normalized spacial score (nSPS) is 10.7. The number of tetrazole rings is 1. The minimum absolute atomic E-state index is 0.583. The largest absolute Gasteiger partial charge is 0.492 e. The third kappa shape index (κ3) is 4.42. The van der Waals surface area contributed by atoms with Gasteiger partial charge in [-0.15, -0.1) is 0 Å². The average molecular weight is 433 g/mol. The molecule has 22 heavy (non-hydrogen) atoms. The van der Waals surface area contributed by atoms with Crippen LogP contribution in [0.2, 0.25) is 0 Å². The molecule has 8 heteroatoms. The zero-order chi connectivity index (χ0) is 15.9. The van der Waals surface area contributed by atoms with Gasteiger partial charge in [-0.25, -0.2) is 4.68 Å². The molecule has 0 saturated carbocycles. The first-order chi connectivity index (χ1) is 10.7. The number of rotatable bonds is 8. The molecule has 0 aliphatic heterocycles. The highest BCUT2D eigenvalue weighted by molar-refractivity contribution is 9.11. The Morgan fingerprint density at radius 1 is 1.27 bits per heavy atom. The van der Waals surface area contributed by atoms with Crippen LogP contribution in [0.4, 0.5) is 5.95 Å². The van der Waals surface area contributed by atoms with Gasteiger partial charge >= 0.3 is 0 Å². The second-order valence-electron chi connectivity index (χ2n) is 4.74. The Bertz CT molecular complexity index is 617. The maximum absolute atomic E-state index is 5.72. The SMILES string of the molecule is CCCCn1nnnc1NCc1cc(Br)cc(Br)c1OCC. The van der Waals surface area contributed by atoms with Crippen LogP contribution in [0.25, 0.3) is 0 Å². The smallest absolute Gasteiger partial charge is 0.243 e. The van der Waals surface area contributed by atoms with Gasteiger partial charge in [-0.2, -0.15) is 0 Å². The fraction of sp³-hybridized carbons (Fsp3) is 0.500. The van der Waals surface area contributed by atoms with Crippen LogP contribution in [0.5, 0.6) is 5.75 Å². The van der Waals surface area contributed by atoms with Crippen LogP contribution in [0.3, 0.4) is 0 Å². The summed E-state index contributed by atoms with van der Waals surface area (Å²) in [5.74, 6) is 1.51. The van der Waals surface area contributed by atoms with Crippen molar-refractivity contribution in [2.24, 2.45) is 0 Å². The third-order valence-electron chi connectivity index (χ3n) is 3.07. The summed E-state index contributed by atoms with van der Waals surface area (Å²) in [5, 5.41) is 15.0. The van der Waals surface area contributed by atoms with Crippen molar-refractivity contribution in [3.8, 4) is 5.75 Å². The topological polar surface area (TPSA) is 64.9 Å². The van der Waals surface area contributed by atoms with E-state index >= 15 is 0 Å². The first-order valence-electron chi connectivity index (χ1n) is 7.26. The van der Waals surface area contributed by atoms with Crippen LogP contribution in [0, 0.1) is 0 Å². The highest BCUT2D eigenvalue weighted by Gasteiger charge is 2.12. The number of hydrogen-bond acceptors (Lipinski definition) is 5. The summed E-state index contributed by atoms with van der Waals surface area (Å²) in [6.45, 7) is 6.12. The summed E-state index contributed by atoms with van der Waals surface area (Å²) in [7, 11) is 0. The Kier molecular flexibility index (Phi) is 6.63. The molecular weight excluding hydrogens is 414 g/mol. The van der Waals surface area contributed by atoms with E-state index in [1.54, 1.807) is 4.68 Å². The Morgan fingerprint density at radius 2 is 2.09 bits per heavy atom. The highest BCUT2D eigenvalue weighted by atomic mass is 79.9. The summed E-state index contributed by atoms with van der Waals surface area (Å²) in [6, 6.07) is 4.00. The highest BCUT2D eigenvalue weighted by Crippen LogP contribution is 2.33. The van der Waals surface area contributed by atoms with Crippen LogP contribution >= 0.6 is 31.9 Å². The van der Waals surface area contributed by atoms with Gasteiger partial charge < -0.3 is 10.1 Å². The van der Waals surface area contributed by atoms with Crippen molar-refractivity contribution in [3.63, 3.8) is 0 Å². The molecule has 0 fully saturated rings. The minimum Gasteiger partial charge on any atom is -0.492 e. The molecule has 6 nitrogen and oxygen atoms in total. The number of nitrogens with zero attached hydrogens (tertiary/aromatic N) is 4. The molecule has 0 aliphatic carbocycles. The van der Waals surface area contributed by atoms with Gasteiger partial charge in [-0.1, -0.05) is 34.4 Å². The lowest BCUT2D eigenvalue weighted by atomic mass is 10.2. The van der Waals surface area contributed by atoms with Crippen molar-refractivity contribution >= 4 is 37.8 Å². The molecule has 0 bridgehead atoms. The second-order valence-corrected chi connectivity index (χ2v) is 6.51. The van der Waals surface area contributed by atoms with Crippen LogP contribution in [0.15, 0.2) is 21.1 Å². The van der Waals surface area contributed by atoms with E-state index in [1.165, 1.54) is 0 Å². The molecule has 0 radical (unpaired) electrons. The molecule has 1 aromatic carbocycles. The molecule has 0 unspecified atom stereocenters. The van der Waals surface area contributed by atoms with Gasteiger partial charge in [0.1, 0.15) is 5.75 Å². The van der Waals surface area contributed by atoms with Crippen molar-refractivity contribution in [3.05, 3.63) is 26.6 Å². The molecule has 0 atom stereocenters. The monoisotopic (exact) mass is 431 g/mol. The molecule has 0 saturated heterocycles. The first-order valence-corrected chi connectivity index (χ1v) is 8.85. The van der Waals surface area contributed by atoms with E-state index in [-0.39, 0.29) is 0 Å². The lowest BCUT2D eigenvalue weighted by Gasteiger charge is -2.14. The minimum atomic E-state index is 0.583. The van der Waals surface area contributed by atoms with E-state index in [1.807, 2.05) is 19.1 Å². The standard InChI is InChI=1S/C14H19Br2N5O/c1-3-5-6-21-14(18-19-20-21)17-9-10-7-11(15)8-12(16)13(10)22-4-2/h7-8H,3-6,9H2,1-2H3,(H,17,18,20). The number of nitrogens with one attached hydrogen (secondary N) is 1. The maximum Gasteiger partial charge on any atom is 0.243 e. The lowest BCUT2D eigenvalue weighted by molar-refractivity contribution is 0.334. The van der Waals surface area contributed by atoms with Crippen LogP contribution in [0.1, 0.15) is 32.3 Å². The lowest BCUT2D eigenvalue weighted by Crippen LogP contribution is -2.10. The average Bonchev–Trinajstić information content (AvgIpc) is 2.93. The van der Waals surface area contributed by atoms with Crippen LogP contribution in [-0.2, 0) is 13.1 Å². The molecule has 1 N–H and O–H groups in total. The van der Waals surface area contributed by atoms with Crippen LogP contribution < -0.4 is 10.1 Å². The van der Waals surface area contributed by atoms with Crippen molar-refractivity contribution < 1.29 is 4.74 Å². The van der Waals surface area contributed by atoms with Gasteiger partial charge in [-0.05, 0) is 51.8 Å². The number of halogens is 2. The van der Waals surface area contributed by atoms with Crippen molar-refractivity contribution in [1.29, 1.82) is 0 Å². The summed E-state index contributed by atoms with van der Waals surface area (Å²) >= 11 is 7.04. The van der Waals surface area contributed by atoms with E-state index in [0.29, 0.717) is 19.1 Å². The maximum atomic E-state index is 5.72. The summed E-state index contributed by atoms with van der Waals surface area (Å²) in [6.07, 6.45) is 2.15. The van der Waals surface area contributed by atoms with E-state index in [4.69, 9.17) is 4.74 Å². The summed E-state index contributed by atoms with van der Waals surface area (Å²) in [5.41, 5.74) is 1.04. The molecule has 2 aromatic rings. The fourth-order valence-electron chi connectivity index (χ4n) is 2.01. The summed E-state index contributed by atoms with van der Waals surface area (Å²) in [4.78, 5) is 0. The van der Waals surface area contributed by atoms with Crippen LogP contribution in [-0.4, -0.2) is 26.8 Å². The summed E-state index contributed by atoms with van der Waals surface area (Å²) < 4.78 is 9.42. The Labute approximate surface area is 146 Å². The molecule has 1 heterocycles. The molecule has 1 aromatic heterocycles. The van der Waals surface area contributed by atoms with Gasteiger partial charge in [-0.3, -0.25) is 0 Å². The van der Waals surface area contributed by atoms with E-state index < -0.39 is 0 Å². The van der Waals surface area contributed by atoms with Crippen molar-refractivity contribution in [2.75, 3.05) is 11.9 Å². The van der Waals surface area contributed by atoms with E-state index in [2.05, 4.69) is 59.6 Å². The second kappa shape index (κ2) is 8.47. The Balaban J connectivity index is 2.13. The van der Waals surface area contributed by atoms with Gasteiger partial charge in [0.2, 0.25) is 5.95 Å². The molecule has 2 rings (SSSR count). The van der Waals surface area contributed by atoms with Gasteiger partial charge in [0.25, 0.3) is 0 Å². The Hall–Kier alpha value is -1.15. The molecule has 0 amide bonds. The third-order valence-corrected chi connectivity index (χ3v) is 4.11. The fourth-order valence-corrected chi connectivity index (χ4v) is 3.44. The first kappa shape index (κ1) is 17.2. The Morgan fingerprint density at radius 3 is 2.82 bits per heavy atom. The van der Waals surface area contributed by atoms with Gasteiger partial charge in [0.15, 0.2) is 0 Å². The zero-order valence-electron chi connectivity index (χ0n) is 12.6. The predicted octanol–water partition coefficient (Wildman–Crippen LogP) is 4.01. The number of anilines is 1. The number of aryl methyl sites for hydroxylation is 1. The molecule has 0 aliphatic rings. The number of aromatic nitrogens is 4. The number of unbranched alkanes of at least 4 members (excludes halogenated alkanes) is 1.